The van der Waals surface area contributed by atoms with Crippen molar-refractivity contribution in [1.29, 1.82) is 0 Å². The third-order valence-corrected chi connectivity index (χ3v) is 5.11. The Bertz CT molecular complexity index is 933. The fourth-order valence-electron chi connectivity index (χ4n) is 2.76. The summed E-state index contributed by atoms with van der Waals surface area (Å²) in [6.45, 7) is 3.71. The monoisotopic (exact) mass is 381 g/mol. The van der Waals surface area contributed by atoms with Gasteiger partial charge in [0, 0.05) is 18.9 Å². The van der Waals surface area contributed by atoms with Gasteiger partial charge in [-0.15, -0.1) is 17.9 Å². The van der Waals surface area contributed by atoms with E-state index >= 15 is 0 Å². The number of fused-ring (bicyclic) bond motifs is 1. The van der Waals surface area contributed by atoms with Gasteiger partial charge in [0.05, 0.1) is 15.6 Å². The number of aromatic nitrogens is 1. The van der Waals surface area contributed by atoms with E-state index in [4.69, 9.17) is 5.11 Å². The van der Waals surface area contributed by atoms with Crippen LogP contribution in [-0.4, -0.2) is 28.6 Å². The zero-order chi connectivity index (χ0) is 19.2. The Balaban J connectivity index is 1.81. The Hall–Kier alpha value is -3.19. The molecule has 7 heteroatoms. The van der Waals surface area contributed by atoms with Gasteiger partial charge in [0.1, 0.15) is 0 Å². The van der Waals surface area contributed by atoms with Crippen LogP contribution in [0.2, 0.25) is 0 Å². The van der Waals surface area contributed by atoms with Crippen molar-refractivity contribution < 1.29 is 14.7 Å². The number of rotatable bonds is 7. The van der Waals surface area contributed by atoms with Gasteiger partial charge in [0.25, 0.3) is 0 Å². The molecule has 1 unspecified atom stereocenters. The molecule has 2 heterocycles. The highest BCUT2D eigenvalue weighted by Gasteiger charge is 2.22. The maximum Gasteiger partial charge on any atom is 0.404 e. The topological polar surface area (TPSA) is 91.3 Å². The third-order valence-electron chi connectivity index (χ3n) is 4.11. The Morgan fingerprint density at radius 1 is 1.26 bits per heavy atom. The van der Waals surface area contributed by atoms with Gasteiger partial charge in [-0.1, -0.05) is 30.3 Å². The van der Waals surface area contributed by atoms with Gasteiger partial charge in [0.2, 0.25) is 5.91 Å². The molecule has 0 aliphatic rings. The minimum absolute atomic E-state index is 0.00553. The van der Waals surface area contributed by atoms with Crippen LogP contribution >= 0.6 is 11.3 Å². The van der Waals surface area contributed by atoms with Crippen molar-refractivity contribution in [1.82, 2.24) is 10.3 Å². The molecule has 138 valence electrons. The highest BCUT2D eigenvalue weighted by atomic mass is 32.1. The predicted molar refractivity (Wildman–Crippen MR) is 107 cm³/mol. The molecule has 0 fully saturated rings. The minimum atomic E-state index is -1.16. The van der Waals surface area contributed by atoms with Gasteiger partial charge in [0.15, 0.2) is 0 Å². The Labute approximate surface area is 160 Å². The number of carbonyl (C=O) groups excluding carboxylic acids is 1. The number of carboxylic acid groups (broad SMARTS) is 1. The Kier molecular flexibility index (Phi) is 5.83. The van der Waals surface area contributed by atoms with Crippen LogP contribution in [0.25, 0.3) is 10.1 Å². The van der Waals surface area contributed by atoms with E-state index in [1.165, 1.54) is 11.3 Å². The first-order chi connectivity index (χ1) is 13.1. The molecule has 1 aromatic carbocycles. The number of allylic oxidation sites excluding steroid dienone is 1. The third kappa shape index (κ3) is 4.71. The number of benzene rings is 1. The molecule has 3 N–H and O–H groups in total. The lowest BCUT2D eigenvalue weighted by Gasteiger charge is -2.17. The summed E-state index contributed by atoms with van der Waals surface area (Å²) >= 11 is 1.43. The SMILES string of the molecule is C=CCc1ccc(C(CNC(=O)O)C(=O)Nc2cc3ccncc3s2)cc1. The zero-order valence-corrected chi connectivity index (χ0v) is 15.3. The second kappa shape index (κ2) is 8.46. The Morgan fingerprint density at radius 3 is 2.70 bits per heavy atom. The first-order valence-electron chi connectivity index (χ1n) is 8.38. The summed E-state index contributed by atoms with van der Waals surface area (Å²) in [7, 11) is 0. The van der Waals surface area contributed by atoms with Gasteiger partial charge in [-0.05, 0) is 35.1 Å². The van der Waals surface area contributed by atoms with Gasteiger partial charge in [-0.2, -0.15) is 0 Å². The van der Waals surface area contributed by atoms with E-state index < -0.39 is 12.0 Å². The molecule has 3 aromatic rings. The second-order valence-corrected chi connectivity index (χ2v) is 7.07. The van der Waals surface area contributed by atoms with Crippen molar-refractivity contribution in [2.45, 2.75) is 12.3 Å². The summed E-state index contributed by atoms with van der Waals surface area (Å²) in [5.74, 6) is -0.901. The molecule has 0 aliphatic heterocycles. The summed E-state index contributed by atoms with van der Waals surface area (Å²) in [4.78, 5) is 27.8. The van der Waals surface area contributed by atoms with E-state index in [9.17, 15) is 9.59 Å². The van der Waals surface area contributed by atoms with Crippen molar-refractivity contribution in [2.24, 2.45) is 0 Å². The van der Waals surface area contributed by atoms with Crippen LogP contribution < -0.4 is 10.6 Å². The van der Waals surface area contributed by atoms with E-state index in [-0.39, 0.29) is 12.5 Å². The largest absolute Gasteiger partial charge is 0.465 e. The van der Waals surface area contributed by atoms with Crippen molar-refractivity contribution in [3.05, 3.63) is 72.6 Å². The zero-order valence-electron chi connectivity index (χ0n) is 14.5. The fourth-order valence-corrected chi connectivity index (χ4v) is 3.69. The van der Waals surface area contributed by atoms with Gasteiger partial charge >= 0.3 is 6.09 Å². The molecule has 0 saturated heterocycles. The molecule has 27 heavy (non-hydrogen) atoms. The summed E-state index contributed by atoms with van der Waals surface area (Å²) < 4.78 is 0.974. The van der Waals surface area contributed by atoms with Crippen LogP contribution in [0, 0.1) is 0 Å². The van der Waals surface area contributed by atoms with Crippen LogP contribution in [0.1, 0.15) is 17.0 Å². The number of thiophene rings is 1. The molecule has 3 rings (SSSR count). The molecule has 6 nitrogen and oxygen atoms in total. The molecule has 2 amide bonds. The van der Waals surface area contributed by atoms with E-state index in [1.807, 2.05) is 42.5 Å². The maximum atomic E-state index is 12.8. The number of carbonyl (C=O) groups is 2. The normalized spacial score (nSPS) is 11.7. The van der Waals surface area contributed by atoms with E-state index in [1.54, 1.807) is 12.4 Å². The van der Waals surface area contributed by atoms with Crippen LogP contribution in [0.5, 0.6) is 0 Å². The molecular formula is C20H19N3O3S. The van der Waals surface area contributed by atoms with Crippen LogP contribution in [-0.2, 0) is 11.2 Å². The highest BCUT2D eigenvalue weighted by molar-refractivity contribution is 7.22. The minimum Gasteiger partial charge on any atom is -0.465 e. The molecule has 1 atom stereocenters. The molecule has 0 bridgehead atoms. The number of nitrogens with zero attached hydrogens (tertiary/aromatic N) is 1. The maximum absolute atomic E-state index is 12.8. The summed E-state index contributed by atoms with van der Waals surface area (Å²) in [5.41, 5.74) is 1.83. The summed E-state index contributed by atoms with van der Waals surface area (Å²) in [6, 6.07) is 11.3. The standard InChI is InChI=1S/C20H19N3O3S/c1-2-3-13-4-6-14(7-5-13)16(11-22-20(25)26)19(24)23-18-10-15-8-9-21-12-17(15)27-18/h2,4-10,12,16,22H,1,3,11H2,(H,23,24)(H,25,26). The van der Waals surface area contributed by atoms with E-state index in [2.05, 4.69) is 22.2 Å². The van der Waals surface area contributed by atoms with Gasteiger partial charge < -0.3 is 15.7 Å². The average molecular weight is 381 g/mol. The van der Waals surface area contributed by atoms with Crippen molar-refractivity contribution in [3.63, 3.8) is 0 Å². The van der Waals surface area contributed by atoms with Gasteiger partial charge in [-0.3, -0.25) is 9.78 Å². The highest BCUT2D eigenvalue weighted by Crippen LogP contribution is 2.30. The molecule has 0 saturated carbocycles. The number of anilines is 1. The molecule has 0 aliphatic carbocycles. The Morgan fingerprint density at radius 2 is 2.04 bits per heavy atom. The smallest absolute Gasteiger partial charge is 0.404 e. The lowest BCUT2D eigenvalue weighted by Crippen LogP contribution is -2.33. The first-order valence-corrected chi connectivity index (χ1v) is 9.19. The van der Waals surface area contributed by atoms with Crippen molar-refractivity contribution in [2.75, 3.05) is 11.9 Å². The molecular weight excluding hydrogens is 362 g/mol. The average Bonchev–Trinajstić information content (AvgIpc) is 3.05. The molecule has 2 aromatic heterocycles. The predicted octanol–water partition coefficient (Wildman–Crippen LogP) is 4.01. The van der Waals surface area contributed by atoms with Crippen LogP contribution in [0.15, 0.2) is 61.4 Å². The summed E-state index contributed by atoms with van der Waals surface area (Å²) in [5, 5.41) is 15.8. The van der Waals surface area contributed by atoms with Crippen LogP contribution in [0.3, 0.4) is 0 Å². The number of hydrogen-bond donors (Lipinski definition) is 3. The molecule has 0 radical (unpaired) electrons. The quantitative estimate of drug-likeness (QED) is 0.539. The fraction of sp³-hybridized carbons (Fsp3) is 0.150. The number of amides is 2. The number of pyridine rings is 1. The second-order valence-electron chi connectivity index (χ2n) is 5.99. The first kappa shape index (κ1) is 18.6. The van der Waals surface area contributed by atoms with Crippen LogP contribution in [0.4, 0.5) is 9.80 Å². The summed E-state index contributed by atoms with van der Waals surface area (Å²) in [6.07, 6.45) is 4.83. The molecule has 0 spiro atoms. The van der Waals surface area contributed by atoms with E-state index in [0.717, 1.165) is 27.6 Å². The van der Waals surface area contributed by atoms with Gasteiger partial charge in [-0.25, -0.2) is 4.79 Å². The number of hydrogen-bond acceptors (Lipinski definition) is 4. The van der Waals surface area contributed by atoms with E-state index in [0.29, 0.717) is 5.00 Å². The lowest BCUT2D eigenvalue weighted by atomic mass is 9.96. The van der Waals surface area contributed by atoms with Crippen molar-refractivity contribution >= 4 is 38.4 Å². The lowest BCUT2D eigenvalue weighted by molar-refractivity contribution is -0.117. The van der Waals surface area contributed by atoms with Crippen molar-refractivity contribution in [3.8, 4) is 0 Å². The number of nitrogens with one attached hydrogen (secondary N) is 2.